The summed E-state index contributed by atoms with van der Waals surface area (Å²) in [6.07, 6.45) is 57.8. The van der Waals surface area contributed by atoms with E-state index in [0.29, 0.717) is 6.42 Å². The fraction of sp³-hybridized carbons (Fsp3) is 0.810. The van der Waals surface area contributed by atoms with E-state index in [4.69, 9.17) is 9.47 Å². The lowest BCUT2D eigenvalue weighted by atomic mass is 9.99. The molecule has 0 radical (unpaired) electrons. The number of rotatable bonds is 47. The minimum absolute atomic E-state index is 0.194. The lowest BCUT2D eigenvalue weighted by Gasteiger charge is -2.40. The molecule has 1 fully saturated rings. The molecule has 1 aliphatic rings. The Morgan fingerprint density at radius 2 is 0.955 bits per heavy atom. The molecule has 0 aromatic rings. The quantitative estimate of drug-likeness (QED) is 0.0261. The van der Waals surface area contributed by atoms with Gasteiger partial charge in [0.05, 0.1) is 25.4 Å². The molecule has 6 N–H and O–H groups in total. The third kappa shape index (κ3) is 37.4. The Morgan fingerprint density at radius 1 is 0.537 bits per heavy atom. The second kappa shape index (κ2) is 47.6. The third-order valence-corrected chi connectivity index (χ3v) is 13.1. The zero-order valence-electron chi connectivity index (χ0n) is 43.1. The number of aliphatic hydroxyl groups is 5. The summed E-state index contributed by atoms with van der Waals surface area (Å²) in [6.45, 7) is 3.52. The van der Waals surface area contributed by atoms with E-state index in [1.54, 1.807) is 6.08 Å². The second-order valence-corrected chi connectivity index (χ2v) is 19.4. The van der Waals surface area contributed by atoms with Crippen molar-refractivity contribution in [3.05, 3.63) is 60.8 Å². The minimum atomic E-state index is -1.57. The lowest BCUT2D eigenvalue weighted by molar-refractivity contribution is -0.302. The molecule has 390 valence electrons. The van der Waals surface area contributed by atoms with E-state index in [1.807, 2.05) is 19.1 Å². The van der Waals surface area contributed by atoms with Crippen LogP contribution in [0.5, 0.6) is 0 Å². The van der Waals surface area contributed by atoms with Gasteiger partial charge >= 0.3 is 0 Å². The van der Waals surface area contributed by atoms with E-state index < -0.39 is 49.5 Å². The Balaban J connectivity index is 2.06. The topological polar surface area (TPSA) is 149 Å². The van der Waals surface area contributed by atoms with Gasteiger partial charge in [-0.25, -0.2) is 0 Å². The normalized spacial score (nSPS) is 20.1. The van der Waals surface area contributed by atoms with Crippen LogP contribution in [0, 0.1) is 0 Å². The molecule has 1 saturated heterocycles. The van der Waals surface area contributed by atoms with E-state index in [9.17, 15) is 30.3 Å². The molecule has 1 aliphatic heterocycles. The Labute approximate surface area is 411 Å². The average molecular weight is 944 g/mol. The van der Waals surface area contributed by atoms with Gasteiger partial charge in [0.25, 0.3) is 0 Å². The summed E-state index contributed by atoms with van der Waals surface area (Å²) in [5, 5.41) is 54.1. The van der Waals surface area contributed by atoms with Gasteiger partial charge in [-0.3, -0.25) is 4.79 Å². The minimum Gasteiger partial charge on any atom is -0.394 e. The lowest BCUT2D eigenvalue weighted by Crippen LogP contribution is -2.60. The Kier molecular flexibility index (Phi) is 44.7. The molecular weight excluding hydrogens is 839 g/mol. The predicted molar refractivity (Wildman–Crippen MR) is 281 cm³/mol. The van der Waals surface area contributed by atoms with E-state index >= 15 is 0 Å². The van der Waals surface area contributed by atoms with Crippen molar-refractivity contribution >= 4 is 5.91 Å². The van der Waals surface area contributed by atoms with Crippen LogP contribution in [-0.4, -0.2) is 87.5 Å². The molecule has 7 unspecified atom stereocenters. The number of unbranched alkanes of at least 4 members (excludes halogenated alkanes) is 30. The molecule has 67 heavy (non-hydrogen) atoms. The summed E-state index contributed by atoms with van der Waals surface area (Å²) in [7, 11) is 0. The van der Waals surface area contributed by atoms with Crippen LogP contribution in [0.3, 0.4) is 0 Å². The van der Waals surface area contributed by atoms with Crippen molar-refractivity contribution in [3.63, 3.8) is 0 Å². The molecule has 1 amide bonds. The number of allylic oxidation sites excluding steroid dienone is 9. The Bertz CT molecular complexity index is 1230. The molecule has 9 nitrogen and oxygen atoms in total. The number of aliphatic hydroxyl groups excluding tert-OH is 5. The largest absolute Gasteiger partial charge is 0.394 e. The number of hydrogen-bond donors (Lipinski definition) is 6. The first-order valence-electron chi connectivity index (χ1n) is 28.0. The van der Waals surface area contributed by atoms with Crippen LogP contribution in [0.1, 0.15) is 245 Å². The van der Waals surface area contributed by atoms with Crippen LogP contribution in [0.2, 0.25) is 0 Å². The van der Waals surface area contributed by atoms with Crippen molar-refractivity contribution in [2.45, 2.75) is 288 Å². The fourth-order valence-electron chi connectivity index (χ4n) is 8.70. The smallest absolute Gasteiger partial charge is 0.220 e. The average Bonchev–Trinajstić information content (AvgIpc) is 3.33. The summed E-state index contributed by atoms with van der Waals surface area (Å²) in [6, 6.07) is -0.827. The zero-order valence-corrected chi connectivity index (χ0v) is 43.1. The third-order valence-electron chi connectivity index (χ3n) is 13.1. The standard InChI is InChI=1S/C58H105NO8/c1-3-5-7-9-11-13-14-15-16-17-18-19-20-21-22-23-24-25-26-27-28-29-30-31-32-33-34-35-36-37-38-40-42-44-46-48-54(62)59-51(52(61)47-45-43-41-39-12-10-8-6-4-2)50-66-58-57(65)56(64)55(63)53(49-60)67-58/h4,6,12,20-21,23-24,39,45,47,51-53,55-58,60-61,63-65H,3,5,7-11,13-19,22,25-38,40-44,46,48-50H2,1-2H3,(H,59,62)/b6-4+,21-20-,24-23-,39-12+,47-45+. The van der Waals surface area contributed by atoms with Crippen molar-refractivity contribution in [2.24, 2.45) is 0 Å². The van der Waals surface area contributed by atoms with Crippen LogP contribution in [0.4, 0.5) is 0 Å². The van der Waals surface area contributed by atoms with E-state index in [1.165, 1.54) is 173 Å². The molecule has 1 heterocycles. The van der Waals surface area contributed by atoms with E-state index in [0.717, 1.165) is 51.4 Å². The van der Waals surface area contributed by atoms with Crippen LogP contribution >= 0.6 is 0 Å². The molecule has 0 saturated carbocycles. The van der Waals surface area contributed by atoms with E-state index in [2.05, 4.69) is 54.8 Å². The zero-order chi connectivity index (χ0) is 48.7. The summed E-state index contributed by atoms with van der Waals surface area (Å²) < 4.78 is 11.2. The number of amides is 1. The van der Waals surface area contributed by atoms with Crippen LogP contribution in [0.25, 0.3) is 0 Å². The molecule has 0 aromatic carbocycles. The number of nitrogens with one attached hydrogen (secondary N) is 1. The van der Waals surface area contributed by atoms with Crippen LogP contribution in [-0.2, 0) is 14.3 Å². The maximum absolute atomic E-state index is 13.0. The Hall–Kier alpha value is -2.11. The van der Waals surface area contributed by atoms with Gasteiger partial charge in [0.1, 0.15) is 24.4 Å². The SMILES string of the molecule is C/C=C/CC/C=C/CC/C=C/C(O)C(COC1OC(CO)C(O)C(O)C1O)NC(=O)CCCCCCCCCCCCCCCCCCC/C=C\C/C=C\CCCCCCCCCCCCC. The molecular formula is C58H105NO8. The Morgan fingerprint density at radius 3 is 1.42 bits per heavy atom. The highest BCUT2D eigenvalue weighted by atomic mass is 16.7. The highest BCUT2D eigenvalue weighted by molar-refractivity contribution is 5.76. The summed E-state index contributed by atoms with van der Waals surface area (Å²) in [5.74, 6) is -0.194. The number of ether oxygens (including phenoxy) is 2. The van der Waals surface area contributed by atoms with Crippen molar-refractivity contribution in [1.29, 1.82) is 0 Å². The van der Waals surface area contributed by atoms with Gasteiger partial charge in [0.2, 0.25) is 5.91 Å². The first-order chi connectivity index (χ1) is 32.8. The fourth-order valence-corrected chi connectivity index (χ4v) is 8.70. The summed E-state index contributed by atoms with van der Waals surface area (Å²) in [4.78, 5) is 13.0. The summed E-state index contributed by atoms with van der Waals surface area (Å²) >= 11 is 0. The van der Waals surface area contributed by atoms with Gasteiger partial charge in [-0.05, 0) is 71.1 Å². The van der Waals surface area contributed by atoms with Gasteiger partial charge < -0.3 is 40.3 Å². The molecule has 0 aromatic heterocycles. The molecule has 0 aliphatic carbocycles. The van der Waals surface area contributed by atoms with Gasteiger partial charge in [-0.2, -0.15) is 0 Å². The van der Waals surface area contributed by atoms with Gasteiger partial charge in [-0.1, -0.05) is 228 Å². The van der Waals surface area contributed by atoms with Crippen LogP contribution < -0.4 is 5.32 Å². The monoisotopic (exact) mass is 944 g/mol. The molecule has 9 heteroatoms. The maximum Gasteiger partial charge on any atom is 0.220 e. The molecule has 7 atom stereocenters. The van der Waals surface area contributed by atoms with Gasteiger partial charge in [0, 0.05) is 6.42 Å². The summed E-state index contributed by atoms with van der Waals surface area (Å²) in [5.41, 5.74) is 0. The van der Waals surface area contributed by atoms with Crippen molar-refractivity contribution in [1.82, 2.24) is 5.32 Å². The number of carbonyl (C=O) groups excluding carboxylic acids is 1. The molecule has 0 bridgehead atoms. The molecule has 0 spiro atoms. The second-order valence-electron chi connectivity index (χ2n) is 19.4. The highest BCUT2D eigenvalue weighted by Gasteiger charge is 2.44. The maximum atomic E-state index is 13.0. The number of hydrogen-bond acceptors (Lipinski definition) is 8. The van der Waals surface area contributed by atoms with Gasteiger partial charge in [0.15, 0.2) is 6.29 Å². The predicted octanol–water partition coefficient (Wildman–Crippen LogP) is 13.5. The van der Waals surface area contributed by atoms with E-state index in [-0.39, 0.29) is 12.5 Å². The molecule has 1 rings (SSSR count). The highest BCUT2D eigenvalue weighted by Crippen LogP contribution is 2.23. The van der Waals surface area contributed by atoms with Gasteiger partial charge in [-0.15, -0.1) is 0 Å². The first kappa shape index (κ1) is 62.9. The first-order valence-corrected chi connectivity index (χ1v) is 28.0. The number of carbonyl (C=O) groups is 1. The van der Waals surface area contributed by atoms with Crippen LogP contribution in [0.15, 0.2) is 60.8 Å². The van der Waals surface area contributed by atoms with Crippen molar-refractivity contribution in [3.8, 4) is 0 Å². The van der Waals surface area contributed by atoms with Crippen molar-refractivity contribution < 1.29 is 39.8 Å². The van der Waals surface area contributed by atoms with Crippen molar-refractivity contribution in [2.75, 3.05) is 13.2 Å².